The average molecular weight is 339 g/mol. The average Bonchev–Trinajstić information content (AvgIpc) is 2.75. The number of aromatic nitrogens is 4. The van der Waals surface area contributed by atoms with Crippen LogP contribution in [-0.2, 0) is 16.1 Å². The smallest absolute Gasteiger partial charge is 0.320 e. The molecule has 2 heterocycles. The molecule has 0 spiro atoms. The number of aromatic hydroxyl groups is 1. The molecule has 0 bridgehead atoms. The van der Waals surface area contributed by atoms with Crippen LogP contribution in [0.25, 0.3) is 11.2 Å². The Balaban J connectivity index is 2.38. The lowest BCUT2D eigenvalue weighted by Gasteiger charge is -2.23. The van der Waals surface area contributed by atoms with Gasteiger partial charge in [0, 0.05) is 13.7 Å². The molecule has 0 radical (unpaired) electrons. The highest BCUT2D eigenvalue weighted by atomic mass is 16.5. The SMILES string of the molecule is COCCOc1nc(N)c2nc(O)n(CC(C)(C)CC(=O)O)c2n1. The van der Waals surface area contributed by atoms with Gasteiger partial charge in [-0.2, -0.15) is 15.0 Å². The van der Waals surface area contributed by atoms with Gasteiger partial charge in [-0.25, -0.2) is 0 Å². The van der Waals surface area contributed by atoms with Gasteiger partial charge in [-0.3, -0.25) is 9.36 Å². The van der Waals surface area contributed by atoms with Gasteiger partial charge in [-0.1, -0.05) is 13.8 Å². The number of carbonyl (C=O) groups is 1. The predicted octanol–water partition coefficient (Wildman–Crippen LogP) is 0.640. The lowest BCUT2D eigenvalue weighted by atomic mass is 9.89. The highest BCUT2D eigenvalue weighted by Crippen LogP contribution is 2.30. The minimum absolute atomic E-state index is 0.0363. The van der Waals surface area contributed by atoms with Gasteiger partial charge in [0.2, 0.25) is 0 Å². The Morgan fingerprint density at radius 2 is 2.00 bits per heavy atom. The molecule has 0 saturated carbocycles. The molecular weight excluding hydrogens is 318 g/mol. The van der Waals surface area contributed by atoms with E-state index in [1.807, 2.05) is 0 Å². The van der Waals surface area contributed by atoms with Crippen molar-refractivity contribution in [1.82, 2.24) is 19.5 Å². The standard InChI is InChI=1S/C14H21N5O5/c1-14(2,6-8(20)21)7-19-11-9(16-13(19)22)10(15)17-12(18-11)24-5-4-23-3/h4-7H2,1-3H3,(H,16,22)(H,20,21)(H2,15,17,18). The Kier molecular flexibility index (Phi) is 5.07. The van der Waals surface area contributed by atoms with Crippen molar-refractivity contribution in [3.63, 3.8) is 0 Å². The van der Waals surface area contributed by atoms with E-state index in [-0.39, 0.29) is 48.6 Å². The fraction of sp³-hybridized carbons (Fsp3) is 0.571. The van der Waals surface area contributed by atoms with Gasteiger partial charge in [-0.05, 0) is 5.41 Å². The molecule has 0 fully saturated rings. The topological polar surface area (TPSA) is 146 Å². The number of rotatable bonds is 8. The van der Waals surface area contributed by atoms with E-state index >= 15 is 0 Å². The summed E-state index contributed by atoms with van der Waals surface area (Å²) in [6.07, 6.45) is -0.0795. The van der Waals surface area contributed by atoms with E-state index in [1.165, 1.54) is 4.57 Å². The van der Waals surface area contributed by atoms with Crippen LogP contribution in [0.2, 0.25) is 0 Å². The van der Waals surface area contributed by atoms with Crippen molar-refractivity contribution in [2.45, 2.75) is 26.8 Å². The zero-order valence-corrected chi connectivity index (χ0v) is 13.8. The largest absolute Gasteiger partial charge is 0.481 e. The highest BCUT2D eigenvalue weighted by Gasteiger charge is 2.26. The first-order valence-corrected chi connectivity index (χ1v) is 7.30. The third-order valence-corrected chi connectivity index (χ3v) is 3.32. The zero-order valence-electron chi connectivity index (χ0n) is 13.8. The molecule has 4 N–H and O–H groups in total. The van der Waals surface area contributed by atoms with Crippen LogP contribution in [0.15, 0.2) is 0 Å². The van der Waals surface area contributed by atoms with Crippen LogP contribution in [0.1, 0.15) is 20.3 Å². The van der Waals surface area contributed by atoms with Crippen LogP contribution >= 0.6 is 0 Å². The van der Waals surface area contributed by atoms with Crippen LogP contribution in [-0.4, -0.2) is 56.0 Å². The number of methoxy groups -OCH3 is 1. The number of nitrogens with zero attached hydrogens (tertiary/aromatic N) is 4. The van der Waals surface area contributed by atoms with Gasteiger partial charge in [0.25, 0.3) is 6.01 Å². The first-order chi connectivity index (χ1) is 11.2. The van der Waals surface area contributed by atoms with Gasteiger partial charge in [0.1, 0.15) is 6.61 Å². The number of anilines is 1. The van der Waals surface area contributed by atoms with Crippen LogP contribution in [0, 0.1) is 5.41 Å². The first kappa shape index (κ1) is 17.7. The summed E-state index contributed by atoms with van der Waals surface area (Å²) < 4.78 is 11.6. The van der Waals surface area contributed by atoms with Gasteiger partial charge in [0.05, 0.1) is 13.0 Å². The van der Waals surface area contributed by atoms with Crippen LogP contribution in [0.3, 0.4) is 0 Å². The van der Waals surface area contributed by atoms with Gasteiger partial charge < -0.3 is 25.4 Å². The number of imidazole rings is 1. The number of nitrogens with two attached hydrogens (primary N) is 1. The van der Waals surface area contributed by atoms with E-state index in [9.17, 15) is 9.90 Å². The van der Waals surface area contributed by atoms with Crippen molar-refractivity contribution in [3.05, 3.63) is 0 Å². The fourth-order valence-electron chi connectivity index (χ4n) is 2.31. The maximum absolute atomic E-state index is 11.0. The Bertz CT molecular complexity index is 743. The van der Waals surface area contributed by atoms with Crippen LogP contribution in [0.4, 0.5) is 5.82 Å². The molecule has 0 atom stereocenters. The molecule has 2 aromatic rings. The van der Waals surface area contributed by atoms with Crippen molar-refractivity contribution >= 4 is 23.0 Å². The van der Waals surface area contributed by atoms with Gasteiger partial charge >= 0.3 is 12.0 Å². The van der Waals surface area contributed by atoms with E-state index in [0.29, 0.717) is 6.61 Å². The summed E-state index contributed by atoms with van der Waals surface area (Å²) in [4.78, 5) is 23.1. The summed E-state index contributed by atoms with van der Waals surface area (Å²) >= 11 is 0. The Hall–Kier alpha value is -2.62. The van der Waals surface area contributed by atoms with E-state index in [0.717, 1.165) is 0 Å². The van der Waals surface area contributed by atoms with Gasteiger partial charge in [0.15, 0.2) is 17.0 Å². The van der Waals surface area contributed by atoms with Crippen molar-refractivity contribution < 1.29 is 24.5 Å². The lowest BCUT2D eigenvalue weighted by Crippen LogP contribution is -2.23. The third kappa shape index (κ3) is 4.02. The number of aliphatic carboxylic acids is 1. The van der Waals surface area contributed by atoms with Crippen molar-refractivity contribution in [2.75, 3.05) is 26.1 Å². The normalized spacial score (nSPS) is 11.8. The molecule has 0 saturated heterocycles. The molecule has 0 aromatic carbocycles. The summed E-state index contributed by atoms with van der Waals surface area (Å²) in [5.41, 5.74) is 5.73. The molecule has 0 unspecified atom stereocenters. The number of fused-ring (bicyclic) bond motifs is 1. The van der Waals surface area contributed by atoms with Crippen molar-refractivity contribution in [2.24, 2.45) is 5.41 Å². The van der Waals surface area contributed by atoms with Crippen molar-refractivity contribution in [1.29, 1.82) is 0 Å². The molecule has 0 aliphatic rings. The number of nitrogen functional groups attached to an aromatic ring is 1. The highest BCUT2D eigenvalue weighted by molar-refractivity contribution is 5.83. The maximum atomic E-state index is 11.0. The number of carboxylic acids is 1. The lowest BCUT2D eigenvalue weighted by molar-refractivity contribution is -0.139. The second-order valence-corrected chi connectivity index (χ2v) is 6.14. The Morgan fingerprint density at radius 3 is 2.62 bits per heavy atom. The molecule has 132 valence electrons. The van der Waals surface area contributed by atoms with Crippen LogP contribution in [0.5, 0.6) is 12.0 Å². The number of carboxylic acid groups (broad SMARTS) is 1. The quantitative estimate of drug-likeness (QED) is 0.589. The molecule has 2 aromatic heterocycles. The second-order valence-electron chi connectivity index (χ2n) is 6.14. The fourth-order valence-corrected chi connectivity index (χ4v) is 2.31. The van der Waals surface area contributed by atoms with E-state index in [2.05, 4.69) is 15.0 Å². The number of hydrogen-bond acceptors (Lipinski definition) is 8. The third-order valence-electron chi connectivity index (χ3n) is 3.32. The minimum atomic E-state index is -0.929. The summed E-state index contributed by atoms with van der Waals surface area (Å²) in [5.74, 6) is -0.862. The maximum Gasteiger partial charge on any atom is 0.320 e. The summed E-state index contributed by atoms with van der Waals surface area (Å²) in [6, 6.07) is -0.271. The molecular formula is C14H21N5O5. The monoisotopic (exact) mass is 339 g/mol. The summed E-state index contributed by atoms with van der Waals surface area (Å²) in [7, 11) is 1.54. The predicted molar refractivity (Wildman–Crippen MR) is 84.8 cm³/mol. The van der Waals surface area contributed by atoms with Crippen LogP contribution < -0.4 is 10.5 Å². The molecule has 0 amide bonds. The minimum Gasteiger partial charge on any atom is -0.481 e. The second kappa shape index (κ2) is 6.87. The van der Waals surface area contributed by atoms with E-state index < -0.39 is 11.4 Å². The number of ether oxygens (including phenoxy) is 2. The zero-order chi connectivity index (χ0) is 17.9. The Labute approximate surface area is 138 Å². The van der Waals surface area contributed by atoms with E-state index in [1.54, 1.807) is 21.0 Å². The molecule has 10 nitrogen and oxygen atoms in total. The van der Waals surface area contributed by atoms with E-state index in [4.69, 9.17) is 20.3 Å². The molecule has 24 heavy (non-hydrogen) atoms. The van der Waals surface area contributed by atoms with Crippen molar-refractivity contribution in [3.8, 4) is 12.0 Å². The molecule has 0 aliphatic carbocycles. The molecule has 2 rings (SSSR count). The van der Waals surface area contributed by atoms with Gasteiger partial charge in [-0.15, -0.1) is 0 Å². The number of hydrogen-bond donors (Lipinski definition) is 3. The Morgan fingerprint density at radius 1 is 1.29 bits per heavy atom. The first-order valence-electron chi connectivity index (χ1n) is 7.30. The summed E-state index contributed by atoms with van der Waals surface area (Å²) in [6.45, 7) is 4.33. The molecule has 10 heteroatoms. The molecule has 0 aliphatic heterocycles. The summed E-state index contributed by atoms with van der Waals surface area (Å²) in [5, 5.41) is 19.1.